The molecule has 0 spiro atoms. The van der Waals surface area contributed by atoms with Crippen LogP contribution in [-0.2, 0) is 6.42 Å². The van der Waals surface area contributed by atoms with Crippen molar-refractivity contribution in [3.05, 3.63) is 28.9 Å². The quantitative estimate of drug-likeness (QED) is 0.846. The van der Waals surface area contributed by atoms with Crippen LogP contribution in [0.15, 0.2) is 18.3 Å². The van der Waals surface area contributed by atoms with Gasteiger partial charge >= 0.3 is 0 Å². The molecule has 0 fully saturated rings. The van der Waals surface area contributed by atoms with Gasteiger partial charge in [0.2, 0.25) is 0 Å². The van der Waals surface area contributed by atoms with Crippen LogP contribution in [0.2, 0.25) is 5.02 Å². The van der Waals surface area contributed by atoms with Gasteiger partial charge in [-0.05, 0) is 11.6 Å². The summed E-state index contributed by atoms with van der Waals surface area (Å²) in [6.07, 6.45) is 2.16. The van der Waals surface area contributed by atoms with Crippen molar-refractivity contribution < 1.29 is 4.74 Å². The molecule has 0 amide bonds. The minimum Gasteiger partial charge on any atom is -0.497 e. The Morgan fingerprint density at radius 3 is 3.00 bits per heavy atom. The predicted molar refractivity (Wildman–Crippen MR) is 59.2 cm³/mol. The molecule has 0 radical (unpaired) electrons. The lowest BCUT2D eigenvalue weighted by molar-refractivity contribution is 0.415. The molecule has 4 heteroatoms. The molecule has 0 atom stereocenters. The van der Waals surface area contributed by atoms with E-state index >= 15 is 0 Å². The van der Waals surface area contributed by atoms with E-state index in [9.17, 15) is 0 Å². The summed E-state index contributed by atoms with van der Waals surface area (Å²) >= 11 is 6.11. The standard InChI is InChI=1S/C11H9ClN2O/c1-15-8-4-9(12)11-7(2-3-13)6-14-10(11)5-8/h4-6,14H,2H2,1H3. The maximum atomic E-state index is 8.66. The Kier molecular flexibility index (Phi) is 2.53. The van der Waals surface area contributed by atoms with Crippen LogP contribution >= 0.6 is 11.6 Å². The molecule has 3 nitrogen and oxygen atoms in total. The van der Waals surface area contributed by atoms with Crippen LogP contribution in [0.5, 0.6) is 5.75 Å². The van der Waals surface area contributed by atoms with Crippen LogP contribution in [0.25, 0.3) is 10.9 Å². The van der Waals surface area contributed by atoms with Gasteiger partial charge in [0.25, 0.3) is 0 Å². The SMILES string of the molecule is COc1cc(Cl)c2c(CC#N)c[nH]c2c1. The number of rotatable bonds is 2. The molecule has 1 aromatic carbocycles. The topological polar surface area (TPSA) is 48.8 Å². The van der Waals surface area contributed by atoms with Crippen LogP contribution in [0.4, 0.5) is 0 Å². The van der Waals surface area contributed by atoms with E-state index in [1.54, 1.807) is 19.4 Å². The molecule has 2 aromatic rings. The largest absolute Gasteiger partial charge is 0.497 e. The normalized spacial score (nSPS) is 10.2. The Labute approximate surface area is 92.2 Å². The molecule has 0 unspecified atom stereocenters. The minimum atomic E-state index is 0.353. The highest BCUT2D eigenvalue weighted by atomic mass is 35.5. The number of nitrogens with one attached hydrogen (secondary N) is 1. The van der Waals surface area contributed by atoms with Crippen molar-refractivity contribution in [1.29, 1.82) is 5.26 Å². The van der Waals surface area contributed by atoms with Gasteiger partial charge in [0.05, 0.1) is 30.1 Å². The zero-order valence-electron chi connectivity index (χ0n) is 8.17. The number of methoxy groups -OCH3 is 1. The highest BCUT2D eigenvalue weighted by Crippen LogP contribution is 2.31. The second-order valence-electron chi connectivity index (χ2n) is 3.18. The number of halogens is 1. The number of H-pyrrole nitrogens is 1. The fraction of sp³-hybridized carbons (Fsp3) is 0.182. The number of nitrogens with zero attached hydrogens (tertiary/aromatic N) is 1. The molecular weight excluding hydrogens is 212 g/mol. The highest BCUT2D eigenvalue weighted by molar-refractivity contribution is 6.36. The van der Waals surface area contributed by atoms with Gasteiger partial charge in [0.1, 0.15) is 5.75 Å². The fourth-order valence-electron chi connectivity index (χ4n) is 1.60. The second kappa shape index (κ2) is 3.84. The maximum Gasteiger partial charge on any atom is 0.122 e. The van der Waals surface area contributed by atoms with Gasteiger partial charge in [-0.3, -0.25) is 0 Å². The summed E-state index contributed by atoms with van der Waals surface area (Å²) in [6, 6.07) is 5.72. The average Bonchev–Trinajstić information content (AvgIpc) is 2.62. The summed E-state index contributed by atoms with van der Waals surface area (Å²) in [7, 11) is 1.59. The molecular formula is C11H9ClN2O. The third-order valence-corrected chi connectivity index (χ3v) is 2.59. The monoisotopic (exact) mass is 220 g/mol. The van der Waals surface area contributed by atoms with Gasteiger partial charge < -0.3 is 9.72 Å². The predicted octanol–water partition coefficient (Wildman–Crippen LogP) is 2.90. The van der Waals surface area contributed by atoms with Crippen LogP contribution in [0, 0.1) is 11.3 Å². The molecule has 0 saturated heterocycles. The van der Waals surface area contributed by atoms with E-state index in [2.05, 4.69) is 11.1 Å². The molecule has 0 aliphatic carbocycles. The van der Waals surface area contributed by atoms with Crippen LogP contribution in [0.3, 0.4) is 0 Å². The number of fused-ring (bicyclic) bond motifs is 1. The van der Waals surface area contributed by atoms with Crippen LogP contribution in [-0.4, -0.2) is 12.1 Å². The molecule has 2 rings (SSSR count). The third-order valence-electron chi connectivity index (χ3n) is 2.29. The van der Waals surface area contributed by atoms with Gasteiger partial charge in [-0.15, -0.1) is 0 Å². The zero-order valence-corrected chi connectivity index (χ0v) is 8.93. The molecule has 76 valence electrons. The Balaban J connectivity index is 2.67. The number of aromatic amines is 1. The van der Waals surface area contributed by atoms with Crippen LogP contribution < -0.4 is 4.74 Å². The summed E-state index contributed by atoms with van der Waals surface area (Å²) < 4.78 is 5.10. The Morgan fingerprint density at radius 1 is 1.53 bits per heavy atom. The van der Waals surface area contributed by atoms with Gasteiger partial charge in [0, 0.05) is 17.6 Å². The van der Waals surface area contributed by atoms with Crippen molar-refractivity contribution >= 4 is 22.5 Å². The zero-order chi connectivity index (χ0) is 10.8. The Bertz CT molecular complexity index is 539. The van der Waals surface area contributed by atoms with Crippen molar-refractivity contribution in [3.8, 4) is 11.8 Å². The molecule has 1 N–H and O–H groups in total. The van der Waals surface area contributed by atoms with Crippen molar-refractivity contribution in [2.24, 2.45) is 0 Å². The number of hydrogen-bond donors (Lipinski definition) is 1. The van der Waals surface area contributed by atoms with Crippen molar-refractivity contribution in [2.75, 3.05) is 7.11 Å². The summed E-state index contributed by atoms with van der Waals surface area (Å²) in [5, 5.41) is 10.2. The van der Waals surface area contributed by atoms with E-state index in [1.165, 1.54) is 0 Å². The highest BCUT2D eigenvalue weighted by Gasteiger charge is 2.09. The first-order valence-electron chi connectivity index (χ1n) is 4.46. The van der Waals surface area contributed by atoms with E-state index in [4.69, 9.17) is 21.6 Å². The molecule has 0 aliphatic rings. The molecule has 15 heavy (non-hydrogen) atoms. The molecule has 1 heterocycles. The van der Waals surface area contributed by atoms with Gasteiger partial charge in [-0.25, -0.2) is 0 Å². The van der Waals surface area contributed by atoms with Gasteiger partial charge in [-0.1, -0.05) is 11.6 Å². The number of aromatic nitrogens is 1. The minimum absolute atomic E-state index is 0.353. The molecule has 1 aromatic heterocycles. The molecule has 0 aliphatic heterocycles. The number of hydrogen-bond acceptors (Lipinski definition) is 2. The lowest BCUT2D eigenvalue weighted by Gasteiger charge is -2.02. The fourth-order valence-corrected chi connectivity index (χ4v) is 1.93. The molecule has 0 bridgehead atoms. The van der Waals surface area contributed by atoms with Gasteiger partial charge in [0.15, 0.2) is 0 Å². The van der Waals surface area contributed by atoms with E-state index in [0.29, 0.717) is 17.2 Å². The lowest BCUT2D eigenvalue weighted by Crippen LogP contribution is -1.84. The van der Waals surface area contributed by atoms with E-state index < -0.39 is 0 Å². The summed E-state index contributed by atoms with van der Waals surface area (Å²) in [5.41, 5.74) is 1.81. The smallest absolute Gasteiger partial charge is 0.122 e. The number of benzene rings is 1. The van der Waals surface area contributed by atoms with E-state index in [1.807, 2.05) is 6.07 Å². The maximum absolute atomic E-state index is 8.66. The first-order chi connectivity index (χ1) is 7.26. The molecule has 0 saturated carbocycles. The second-order valence-corrected chi connectivity index (χ2v) is 3.59. The first-order valence-corrected chi connectivity index (χ1v) is 4.84. The van der Waals surface area contributed by atoms with Gasteiger partial charge in [-0.2, -0.15) is 5.26 Å². The van der Waals surface area contributed by atoms with Crippen molar-refractivity contribution in [1.82, 2.24) is 4.98 Å². The Morgan fingerprint density at radius 2 is 2.33 bits per heavy atom. The van der Waals surface area contributed by atoms with Crippen LogP contribution in [0.1, 0.15) is 5.56 Å². The summed E-state index contributed by atoms with van der Waals surface area (Å²) in [4.78, 5) is 3.07. The average molecular weight is 221 g/mol. The third kappa shape index (κ3) is 1.64. The van der Waals surface area contributed by atoms with E-state index in [0.717, 1.165) is 16.5 Å². The Hall–Kier alpha value is -1.66. The summed E-state index contributed by atoms with van der Waals surface area (Å²) in [6.45, 7) is 0. The van der Waals surface area contributed by atoms with Crippen molar-refractivity contribution in [3.63, 3.8) is 0 Å². The number of nitriles is 1. The van der Waals surface area contributed by atoms with E-state index in [-0.39, 0.29) is 0 Å². The lowest BCUT2D eigenvalue weighted by atomic mass is 10.1. The summed E-state index contributed by atoms with van der Waals surface area (Å²) in [5.74, 6) is 0.706. The number of ether oxygens (including phenoxy) is 1. The van der Waals surface area contributed by atoms with Crippen molar-refractivity contribution in [2.45, 2.75) is 6.42 Å². The first kappa shape index (κ1) is 9.88.